The quantitative estimate of drug-likeness (QED) is 0.889. The van der Waals surface area contributed by atoms with Gasteiger partial charge < -0.3 is 4.90 Å². The van der Waals surface area contributed by atoms with E-state index in [0.717, 1.165) is 24.1 Å². The van der Waals surface area contributed by atoms with Crippen LogP contribution in [0.2, 0.25) is 0 Å². The molecule has 0 saturated heterocycles. The minimum absolute atomic E-state index is 0.0498. The monoisotopic (exact) mass is 373 g/mol. The summed E-state index contributed by atoms with van der Waals surface area (Å²) < 4.78 is 28.0. The molecule has 2 amide bonds. The zero-order valence-corrected chi connectivity index (χ0v) is 14.4. The molecule has 0 aromatic carbocycles. The molecule has 3 heterocycles. The molecule has 9 heteroatoms. The molecule has 5 rings (SSSR count). The van der Waals surface area contributed by atoms with Crippen LogP contribution in [-0.2, 0) is 9.59 Å². The molecule has 2 aliphatic carbocycles. The highest BCUT2D eigenvalue weighted by atomic mass is 19.3. The van der Waals surface area contributed by atoms with Gasteiger partial charge in [-0.2, -0.15) is 4.98 Å². The Kier molecular flexibility index (Phi) is 3.38. The first-order valence-electron chi connectivity index (χ1n) is 8.95. The number of alkyl halides is 2. The number of aromatic nitrogens is 3. The molecular weight excluding hydrogens is 356 g/mol. The number of nitrogens with one attached hydrogen (secondary N) is 1. The standard InChI is InChI=1S/C18H17F2N5O2/c19-18(20)8-12(18)16(27)24-7-6-11(9-24)13-2-1-3-14-21-17(23-25(13)14)22-15(26)10-4-5-10/h1-3,6,10,12H,4-5,7-9H2,(H,22,23,26). The summed E-state index contributed by atoms with van der Waals surface area (Å²) in [6.07, 6.45) is 3.26. The number of nitrogens with zero attached hydrogens (tertiary/aromatic N) is 4. The zero-order chi connectivity index (χ0) is 18.8. The Bertz CT molecular complexity index is 995. The Labute approximate surface area is 153 Å². The summed E-state index contributed by atoms with van der Waals surface area (Å²) in [5.41, 5.74) is 2.12. The lowest BCUT2D eigenvalue weighted by molar-refractivity contribution is -0.133. The molecule has 1 atom stereocenters. The van der Waals surface area contributed by atoms with Crippen LogP contribution in [0.4, 0.5) is 14.7 Å². The largest absolute Gasteiger partial charge is 0.334 e. The fraction of sp³-hybridized carbons (Fsp3) is 0.444. The van der Waals surface area contributed by atoms with Crippen LogP contribution in [0.15, 0.2) is 24.3 Å². The van der Waals surface area contributed by atoms with E-state index in [-0.39, 0.29) is 30.7 Å². The van der Waals surface area contributed by atoms with Crippen LogP contribution >= 0.6 is 0 Å². The molecule has 1 aliphatic heterocycles. The Balaban J connectivity index is 1.36. The second-order valence-electron chi connectivity index (χ2n) is 7.35. The first kappa shape index (κ1) is 16.3. The van der Waals surface area contributed by atoms with Crippen molar-refractivity contribution in [2.45, 2.75) is 25.2 Å². The van der Waals surface area contributed by atoms with Crippen molar-refractivity contribution in [3.8, 4) is 0 Å². The van der Waals surface area contributed by atoms with Crippen molar-refractivity contribution in [1.29, 1.82) is 0 Å². The van der Waals surface area contributed by atoms with Crippen molar-refractivity contribution in [2.24, 2.45) is 11.8 Å². The van der Waals surface area contributed by atoms with Crippen LogP contribution < -0.4 is 5.32 Å². The van der Waals surface area contributed by atoms with Crippen LogP contribution in [0.25, 0.3) is 11.2 Å². The fourth-order valence-electron chi connectivity index (χ4n) is 3.37. The van der Waals surface area contributed by atoms with E-state index in [0.29, 0.717) is 12.2 Å². The lowest BCUT2D eigenvalue weighted by Crippen LogP contribution is -2.31. The van der Waals surface area contributed by atoms with Crippen LogP contribution in [0.5, 0.6) is 0 Å². The van der Waals surface area contributed by atoms with Crippen molar-refractivity contribution in [2.75, 3.05) is 18.4 Å². The van der Waals surface area contributed by atoms with Gasteiger partial charge in [0.25, 0.3) is 5.92 Å². The van der Waals surface area contributed by atoms with Gasteiger partial charge in [0.2, 0.25) is 17.8 Å². The number of anilines is 1. The summed E-state index contributed by atoms with van der Waals surface area (Å²) in [7, 11) is 0. The minimum atomic E-state index is -2.86. The summed E-state index contributed by atoms with van der Waals surface area (Å²) >= 11 is 0. The first-order chi connectivity index (χ1) is 12.9. The zero-order valence-electron chi connectivity index (χ0n) is 14.4. The third-order valence-electron chi connectivity index (χ3n) is 5.23. The Hall–Kier alpha value is -2.84. The highest BCUT2D eigenvalue weighted by Gasteiger charge is 2.62. The topological polar surface area (TPSA) is 79.6 Å². The normalized spacial score (nSPS) is 23.4. The van der Waals surface area contributed by atoms with Crippen LogP contribution in [-0.4, -0.2) is 50.3 Å². The van der Waals surface area contributed by atoms with E-state index in [1.54, 1.807) is 10.6 Å². The van der Waals surface area contributed by atoms with Gasteiger partial charge in [0.05, 0.1) is 5.69 Å². The predicted octanol–water partition coefficient (Wildman–Crippen LogP) is 1.96. The molecule has 0 bridgehead atoms. The van der Waals surface area contributed by atoms with E-state index in [1.807, 2.05) is 18.2 Å². The SMILES string of the molecule is O=C(Nc1nc2cccc(C3=CCN(C(=O)C4CC4(F)F)C3)n2n1)C1CC1. The minimum Gasteiger partial charge on any atom is -0.334 e. The van der Waals surface area contributed by atoms with E-state index in [1.165, 1.54) is 4.90 Å². The van der Waals surface area contributed by atoms with Gasteiger partial charge in [0.15, 0.2) is 5.65 Å². The molecule has 7 nitrogen and oxygen atoms in total. The molecule has 2 aromatic rings. The summed E-state index contributed by atoms with van der Waals surface area (Å²) in [6, 6.07) is 5.42. The fourth-order valence-corrected chi connectivity index (χ4v) is 3.37. The highest BCUT2D eigenvalue weighted by Crippen LogP contribution is 2.49. The van der Waals surface area contributed by atoms with Crippen LogP contribution in [0.1, 0.15) is 25.0 Å². The molecule has 0 spiro atoms. The van der Waals surface area contributed by atoms with E-state index >= 15 is 0 Å². The van der Waals surface area contributed by atoms with Gasteiger partial charge in [-0.25, -0.2) is 13.3 Å². The smallest absolute Gasteiger partial charge is 0.260 e. The third-order valence-corrected chi connectivity index (χ3v) is 5.23. The van der Waals surface area contributed by atoms with Gasteiger partial charge in [-0.15, -0.1) is 5.10 Å². The van der Waals surface area contributed by atoms with E-state index in [4.69, 9.17) is 0 Å². The summed E-state index contributed by atoms with van der Waals surface area (Å²) in [5, 5.41) is 7.08. The van der Waals surface area contributed by atoms with Crippen molar-refractivity contribution in [3.05, 3.63) is 30.0 Å². The maximum Gasteiger partial charge on any atom is 0.260 e. The second-order valence-corrected chi connectivity index (χ2v) is 7.35. The number of carbonyl (C=O) groups excluding carboxylic acids is 2. The molecule has 27 heavy (non-hydrogen) atoms. The van der Waals surface area contributed by atoms with E-state index in [2.05, 4.69) is 15.4 Å². The van der Waals surface area contributed by atoms with E-state index < -0.39 is 17.7 Å². The van der Waals surface area contributed by atoms with Gasteiger partial charge in [0, 0.05) is 25.4 Å². The van der Waals surface area contributed by atoms with Crippen molar-refractivity contribution >= 4 is 29.0 Å². The molecule has 2 aromatic heterocycles. The Morgan fingerprint density at radius 1 is 1.26 bits per heavy atom. The number of hydrogen-bond donors (Lipinski definition) is 1. The van der Waals surface area contributed by atoms with Gasteiger partial charge in [-0.3, -0.25) is 14.9 Å². The van der Waals surface area contributed by atoms with Crippen molar-refractivity contribution < 1.29 is 18.4 Å². The first-order valence-corrected chi connectivity index (χ1v) is 8.95. The van der Waals surface area contributed by atoms with Gasteiger partial charge >= 0.3 is 0 Å². The maximum atomic E-state index is 13.2. The molecule has 2 fully saturated rings. The molecule has 2 saturated carbocycles. The molecule has 1 unspecified atom stereocenters. The lowest BCUT2D eigenvalue weighted by Gasteiger charge is -2.16. The number of amides is 2. The summed E-state index contributed by atoms with van der Waals surface area (Å²) in [4.78, 5) is 29.9. The van der Waals surface area contributed by atoms with Crippen LogP contribution in [0.3, 0.4) is 0 Å². The van der Waals surface area contributed by atoms with Gasteiger partial charge in [0.1, 0.15) is 5.92 Å². The van der Waals surface area contributed by atoms with Crippen molar-refractivity contribution in [1.82, 2.24) is 19.5 Å². The predicted molar refractivity (Wildman–Crippen MR) is 92.0 cm³/mol. The van der Waals surface area contributed by atoms with E-state index in [9.17, 15) is 18.4 Å². The van der Waals surface area contributed by atoms with Gasteiger partial charge in [-0.1, -0.05) is 12.1 Å². The summed E-state index contributed by atoms with van der Waals surface area (Å²) in [5.74, 6) is -4.33. The second kappa shape index (κ2) is 5.58. The number of hydrogen-bond acceptors (Lipinski definition) is 4. The third kappa shape index (κ3) is 2.87. The van der Waals surface area contributed by atoms with Crippen LogP contribution in [0, 0.1) is 11.8 Å². The molecule has 3 aliphatic rings. The number of carbonyl (C=O) groups is 2. The average molecular weight is 373 g/mol. The number of halogens is 2. The van der Waals surface area contributed by atoms with Gasteiger partial charge in [-0.05, 0) is 30.5 Å². The molecule has 1 N–H and O–H groups in total. The number of rotatable bonds is 4. The Morgan fingerprint density at radius 2 is 2.04 bits per heavy atom. The number of pyridine rings is 1. The molecule has 0 radical (unpaired) electrons. The Morgan fingerprint density at radius 3 is 2.74 bits per heavy atom. The lowest BCUT2D eigenvalue weighted by atomic mass is 10.2. The maximum absolute atomic E-state index is 13.2. The highest BCUT2D eigenvalue weighted by molar-refractivity contribution is 5.92. The average Bonchev–Trinajstić information content (AvgIpc) is 3.47. The number of fused-ring (bicyclic) bond motifs is 1. The summed E-state index contributed by atoms with van der Waals surface area (Å²) in [6.45, 7) is 0.561. The molecular formula is C18H17F2N5O2. The van der Waals surface area contributed by atoms with Crippen molar-refractivity contribution in [3.63, 3.8) is 0 Å². The molecule has 140 valence electrons.